The lowest BCUT2D eigenvalue weighted by Gasteiger charge is -2.13. The van der Waals surface area contributed by atoms with Crippen molar-refractivity contribution in [3.05, 3.63) is 63.6 Å². The van der Waals surface area contributed by atoms with Crippen molar-refractivity contribution in [3.63, 3.8) is 0 Å². The Morgan fingerprint density at radius 1 is 1.08 bits per heavy atom. The number of benzene rings is 2. The molecule has 0 saturated carbocycles. The quantitative estimate of drug-likeness (QED) is 0.871. The van der Waals surface area contributed by atoms with E-state index in [4.69, 9.17) is 23.2 Å². The molecular weight excluding hydrogens is 349 g/mol. The Labute approximate surface area is 148 Å². The lowest BCUT2D eigenvalue weighted by molar-refractivity contribution is -0.121. The molecule has 2 amide bonds. The molecule has 2 aromatic carbocycles. The monoisotopic (exact) mass is 361 g/mol. The molecule has 24 heavy (non-hydrogen) atoms. The van der Waals surface area contributed by atoms with Gasteiger partial charge in [0.05, 0.1) is 21.3 Å². The number of amides is 2. The number of hydrogen-bond acceptors (Lipinski definition) is 3. The van der Waals surface area contributed by atoms with Crippen molar-refractivity contribution in [2.45, 2.75) is 12.8 Å². The second-order valence-electron chi connectivity index (χ2n) is 5.23. The van der Waals surface area contributed by atoms with Crippen LogP contribution >= 0.6 is 23.2 Å². The van der Waals surface area contributed by atoms with Gasteiger partial charge in [0.15, 0.2) is 0 Å². The molecule has 2 N–H and O–H groups in total. The zero-order valence-corrected chi connectivity index (χ0v) is 14.0. The van der Waals surface area contributed by atoms with Crippen molar-refractivity contribution in [2.75, 3.05) is 5.32 Å². The summed E-state index contributed by atoms with van der Waals surface area (Å²) in [6.45, 7) is 0. The number of anilines is 1. The minimum Gasteiger partial charge on any atom is -0.322 e. The van der Waals surface area contributed by atoms with E-state index in [1.165, 1.54) is 0 Å². The van der Waals surface area contributed by atoms with E-state index in [0.29, 0.717) is 29.1 Å². The number of nitrogens with one attached hydrogen (secondary N) is 2. The van der Waals surface area contributed by atoms with Crippen molar-refractivity contribution in [2.24, 2.45) is 5.10 Å². The van der Waals surface area contributed by atoms with E-state index in [-0.39, 0.29) is 16.8 Å². The van der Waals surface area contributed by atoms with E-state index >= 15 is 0 Å². The molecule has 0 aromatic heterocycles. The van der Waals surface area contributed by atoms with Crippen molar-refractivity contribution in [1.29, 1.82) is 0 Å². The molecule has 2 aromatic rings. The molecule has 122 valence electrons. The van der Waals surface area contributed by atoms with Crippen LogP contribution in [0.2, 0.25) is 10.0 Å². The lowest BCUT2D eigenvalue weighted by atomic mass is 10.0. The first-order chi connectivity index (χ1) is 11.5. The first-order valence-electron chi connectivity index (χ1n) is 7.26. The number of hydrazone groups is 1. The average molecular weight is 362 g/mol. The Bertz CT molecular complexity index is 832. The van der Waals surface area contributed by atoms with Gasteiger partial charge in [0, 0.05) is 18.5 Å². The van der Waals surface area contributed by atoms with Crippen LogP contribution in [0.15, 0.2) is 47.6 Å². The number of nitrogens with zero attached hydrogens (tertiary/aromatic N) is 1. The molecule has 0 saturated heterocycles. The summed E-state index contributed by atoms with van der Waals surface area (Å²) in [7, 11) is 0. The minimum atomic E-state index is -0.336. The van der Waals surface area contributed by atoms with Crippen LogP contribution in [0, 0.1) is 0 Å². The smallest absolute Gasteiger partial charge is 0.257 e. The molecule has 0 aliphatic carbocycles. The van der Waals surface area contributed by atoms with Gasteiger partial charge in [0.2, 0.25) is 5.91 Å². The van der Waals surface area contributed by atoms with Crippen molar-refractivity contribution >= 4 is 46.4 Å². The Balaban J connectivity index is 1.73. The third kappa shape index (κ3) is 3.58. The topological polar surface area (TPSA) is 70.6 Å². The maximum atomic E-state index is 12.3. The summed E-state index contributed by atoms with van der Waals surface area (Å²) in [5, 5.41) is 7.36. The second-order valence-corrected chi connectivity index (χ2v) is 6.01. The zero-order valence-electron chi connectivity index (χ0n) is 12.5. The van der Waals surface area contributed by atoms with E-state index in [2.05, 4.69) is 15.8 Å². The van der Waals surface area contributed by atoms with E-state index < -0.39 is 0 Å². The van der Waals surface area contributed by atoms with E-state index in [0.717, 1.165) is 11.3 Å². The van der Waals surface area contributed by atoms with Crippen molar-refractivity contribution in [3.8, 4) is 0 Å². The highest BCUT2D eigenvalue weighted by Crippen LogP contribution is 2.26. The van der Waals surface area contributed by atoms with Crippen LogP contribution in [0.3, 0.4) is 0 Å². The maximum absolute atomic E-state index is 12.3. The van der Waals surface area contributed by atoms with Crippen LogP contribution in [-0.2, 0) is 4.79 Å². The summed E-state index contributed by atoms with van der Waals surface area (Å²) in [6.07, 6.45) is 1.01. The van der Waals surface area contributed by atoms with Crippen LogP contribution < -0.4 is 10.7 Å². The third-order valence-corrected chi connectivity index (χ3v) is 4.40. The third-order valence-electron chi connectivity index (χ3n) is 3.58. The lowest BCUT2D eigenvalue weighted by Crippen LogP contribution is -2.25. The van der Waals surface area contributed by atoms with E-state index in [9.17, 15) is 9.59 Å². The summed E-state index contributed by atoms with van der Waals surface area (Å²) in [4.78, 5) is 23.4. The molecule has 1 aliphatic heterocycles. The van der Waals surface area contributed by atoms with Gasteiger partial charge >= 0.3 is 0 Å². The highest BCUT2D eigenvalue weighted by atomic mass is 35.5. The van der Waals surface area contributed by atoms with Gasteiger partial charge in [0.25, 0.3) is 5.91 Å². The average Bonchev–Trinajstić information content (AvgIpc) is 2.59. The molecule has 1 heterocycles. The normalized spacial score (nSPS) is 13.9. The first-order valence-corrected chi connectivity index (χ1v) is 8.01. The molecule has 0 radical (unpaired) electrons. The van der Waals surface area contributed by atoms with Gasteiger partial charge in [-0.25, -0.2) is 5.43 Å². The van der Waals surface area contributed by atoms with Gasteiger partial charge < -0.3 is 5.32 Å². The second kappa shape index (κ2) is 7.03. The number of rotatable bonds is 3. The van der Waals surface area contributed by atoms with Gasteiger partial charge in [-0.3, -0.25) is 9.59 Å². The van der Waals surface area contributed by atoms with Crippen LogP contribution in [0.5, 0.6) is 0 Å². The van der Waals surface area contributed by atoms with Gasteiger partial charge in [-0.15, -0.1) is 0 Å². The number of halogens is 2. The van der Waals surface area contributed by atoms with Crippen LogP contribution in [0.1, 0.15) is 28.8 Å². The predicted octanol–water partition coefficient (Wildman–Crippen LogP) is 3.86. The SMILES string of the molecule is O=C1CCC(c2ccc(NC(=O)c3cccc(Cl)c3Cl)cc2)=NN1. The Morgan fingerprint density at radius 3 is 2.50 bits per heavy atom. The molecule has 0 fully saturated rings. The number of hydrogen-bond donors (Lipinski definition) is 2. The predicted molar refractivity (Wildman–Crippen MR) is 94.8 cm³/mol. The largest absolute Gasteiger partial charge is 0.322 e. The molecule has 0 spiro atoms. The fourth-order valence-electron chi connectivity index (χ4n) is 2.31. The van der Waals surface area contributed by atoms with Gasteiger partial charge in [-0.05, 0) is 29.8 Å². The Morgan fingerprint density at radius 2 is 1.83 bits per heavy atom. The first kappa shape index (κ1) is 16.5. The van der Waals surface area contributed by atoms with Gasteiger partial charge in [-0.2, -0.15) is 5.10 Å². The number of carbonyl (C=O) groups is 2. The van der Waals surface area contributed by atoms with Crippen LogP contribution in [0.4, 0.5) is 5.69 Å². The molecule has 3 rings (SSSR count). The molecular formula is C17H13Cl2N3O2. The van der Waals surface area contributed by atoms with Crippen molar-refractivity contribution in [1.82, 2.24) is 5.43 Å². The molecule has 0 unspecified atom stereocenters. The summed E-state index contributed by atoms with van der Waals surface area (Å²) >= 11 is 12.0. The number of carbonyl (C=O) groups excluding carboxylic acids is 2. The maximum Gasteiger partial charge on any atom is 0.257 e. The zero-order chi connectivity index (χ0) is 17.1. The van der Waals surface area contributed by atoms with Gasteiger partial charge in [-0.1, -0.05) is 41.4 Å². The van der Waals surface area contributed by atoms with Crippen molar-refractivity contribution < 1.29 is 9.59 Å². The Kier molecular flexibility index (Phi) is 4.83. The van der Waals surface area contributed by atoms with Gasteiger partial charge in [0.1, 0.15) is 0 Å². The highest BCUT2D eigenvalue weighted by molar-refractivity contribution is 6.44. The molecule has 0 bridgehead atoms. The van der Waals surface area contributed by atoms with E-state index in [1.807, 2.05) is 12.1 Å². The minimum absolute atomic E-state index is 0.0824. The molecule has 1 aliphatic rings. The van der Waals surface area contributed by atoms with Crippen LogP contribution in [0.25, 0.3) is 0 Å². The van der Waals surface area contributed by atoms with Crippen LogP contribution in [-0.4, -0.2) is 17.5 Å². The Hall–Kier alpha value is -2.37. The summed E-state index contributed by atoms with van der Waals surface area (Å²) in [6, 6.07) is 12.1. The molecule has 0 atom stereocenters. The molecule has 7 heteroatoms. The summed E-state index contributed by atoms with van der Waals surface area (Å²) in [5.41, 5.74) is 5.11. The highest BCUT2D eigenvalue weighted by Gasteiger charge is 2.15. The van der Waals surface area contributed by atoms with E-state index in [1.54, 1.807) is 30.3 Å². The summed E-state index contributed by atoms with van der Waals surface area (Å²) in [5.74, 6) is -0.418. The summed E-state index contributed by atoms with van der Waals surface area (Å²) < 4.78 is 0. The fourth-order valence-corrected chi connectivity index (χ4v) is 2.69. The fraction of sp³-hybridized carbons (Fsp3) is 0.118. The molecule has 5 nitrogen and oxygen atoms in total. The standard InChI is InChI=1S/C17H13Cl2N3O2/c18-13-3-1-2-12(16(13)19)17(24)20-11-6-4-10(5-7-11)14-8-9-15(23)22-21-14/h1-7H,8-9H2,(H,20,24)(H,22,23).